The maximum atomic E-state index is 12.3. The summed E-state index contributed by atoms with van der Waals surface area (Å²) in [5, 5.41) is 18.8. The van der Waals surface area contributed by atoms with Gasteiger partial charge >= 0.3 is 5.97 Å². The summed E-state index contributed by atoms with van der Waals surface area (Å²) in [6.45, 7) is 4.28. The number of hydrogen-bond donors (Lipinski definition) is 2. The minimum absolute atomic E-state index is 0.0188. The zero-order chi connectivity index (χ0) is 16.4. The zero-order valence-corrected chi connectivity index (χ0v) is 12.1. The van der Waals surface area contributed by atoms with Crippen molar-refractivity contribution in [2.75, 3.05) is 6.61 Å². The van der Waals surface area contributed by atoms with Crippen molar-refractivity contribution in [1.29, 1.82) is 0 Å². The molecule has 118 valence electrons. The zero-order valence-electron chi connectivity index (χ0n) is 12.1. The lowest BCUT2D eigenvalue weighted by Crippen LogP contribution is -2.27. The summed E-state index contributed by atoms with van der Waals surface area (Å²) < 4.78 is 7.77. The van der Waals surface area contributed by atoms with E-state index in [9.17, 15) is 19.5 Å². The van der Waals surface area contributed by atoms with Crippen LogP contribution in [0.4, 0.5) is 0 Å². The highest BCUT2D eigenvalue weighted by molar-refractivity contribution is 5.88. The number of aromatic carboxylic acids is 1. The third-order valence-electron chi connectivity index (χ3n) is 3.09. The predicted molar refractivity (Wildman–Crippen MR) is 77.6 cm³/mol. The van der Waals surface area contributed by atoms with Crippen LogP contribution in [0.25, 0.3) is 5.52 Å². The van der Waals surface area contributed by atoms with E-state index in [0.29, 0.717) is 6.61 Å². The number of carboxylic acid groups (broad SMARTS) is 1. The number of rotatable bonds is 5. The Hall–Kier alpha value is -2.61. The molecule has 0 radical (unpaired) electrons. The van der Waals surface area contributed by atoms with Crippen molar-refractivity contribution >= 4 is 11.5 Å². The van der Waals surface area contributed by atoms with Crippen LogP contribution in [-0.4, -0.2) is 37.9 Å². The number of carboxylic acids is 1. The molecule has 0 amide bonds. The van der Waals surface area contributed by atoms with Gasteiger partial charge in [-0.1, -0.05) is 0 Å². The highest BCUT2D eigenvalue weighted by atomic mass is 16.5. The number of hydrogen-bond acceptors (Lipinski definition) is 5. The average Bonchev–Trinajstić information content (AvgIpc) is 2.44. The molecule has 0 aliphatic rings. The second-order valence-corrected chi connectivity index (χ2v) is 5.00. The standard InChI is InChI=1S/C14H16N2O6/c1-8(2)22-6-5-15-3-4-16-7-9(14(20)21)11(17)12(18)10(16)13(15)19/h3-4,7-8,18H,5-6H2,1-2H3,(H,20,21). The van der Waals surface area contributed by atoms with Crippen LogP contribution in [0.15, 0.2) is 28.2 Å². The van der Waals surface area contributed by atoms with Gasteiger partial charge in [-0.25, -0.2) is 4.79 Å². The first kappa shape index (κ1) is 15.8. The lowest BCUT2D eigenvalue weighted by Gasteiger charge is -2.11. The highest BCUT2D eigenvalue weighted by Gasteiger charge is 2.18. The molecule has 8 heteroatoms. The van der Waals surface area contributed by atoms with Gasteiger partial charge in [0.05, 0.1) is 12.7 Å². The number of nitrogens with zero attached hydrogens (tertiary/aromatic N) is 2. The van der Waals surface area contributed by atoms with Crippen molar-refractivity contribution in [3.05, 3.63) is 44.7 Å². The second kappa shape index (κ2) is 6.02. The van der Waals surface area contributed by atoms with E-state index in [-0.39, 0.29) is 18.2 Å². The lowest BCUT2D eigenvalue weighted by molar-refractivity contribution is 0.0694. The van der Waals surface area contributed by atoms with E-state index in [1.165, 1.54) is 17.0 Å². The summed E-state index contributed by atoms with van der Waals surface area (Å²) in [5.74, 6) is -2.34. The van der Waals surface area contributed by atoms with Crippen molar-refractivity contribution < 1.29 is 19.7 Å². The minimum Gasteiger partial charge on any atom is -0.503 e. The van der Waals surface area contributed by atoms with Crippen LogP contribution in [-0.2, 0) is 11.3 Å². The molecule has 0 saturated heterocycles. The highest BCUT2D eigenvalue weighted by Crippen LogP contribution is 2.10. The van der Waals surface area contributed by atoms with Crippen molar-refractivity contribution in [1.82, 2.24) is 8.97 Å². The normalized spacial score (nSPS) is 11.2. The second-order valence-electron chi connectivity index (χ2n) is 5.00. The monoisotopic (exact) mass is 308 g/mol. The molecule has 0 aromatic carbocycles. The first-order chi connectivity index (χ1) is 10.3. The number of ether oxygens (including phenoxy) is 1. The molecule has 0 atom stereocenters. The summed E-state index contributed by atoms with van der Waals surface area (Å²) in [6.07, 6.45) is 3.87. The van der Waals surface area contributed by atoms with Crippen LogP contribution in [0.3, 0.4) is 0 Å². The third-order valence-corrected chi connectivity index (χ3v) is 3.09. The molecule has 2 N–H and O–H groups in total. The van der Waals surface area contributed by atoms with Crippen molar-refractivity contribution in [2.24, 2.45) is 0 Å². The molecular weight excluding hydrogens is 292 g/mol. The molecular formula is C14H16N2O6. The molecule has 0 aliphatic heterocycles. The van der Waals surface area contributed by atoms with Crippen LogP contribution in [0, 0.1) is 0 Å². The summed E-state index contributed by atoms with van der Waals surface area (Å²) >= 11 is 0. The van der Waals surface area contributed by atoms with Crippen LogP contribution >= 0.6 is 0 Å². The number of pyridine rings is 1. The molecule has 0 spiro atoms. The van der Waals surface area contributed by atoms with Gasteiger partial charge < -0.3 is 23.9 Å². The van der Waals surface area contributed by atoms with Gasteiger partial charge in [0.1, 0.15) is 5.56 Å². The van der Waals surface area contributed by atoms with E-state index in [2.05, 4.69) is 0 Å². The summed E-state index contributed by atoms with van der Waals surface area (Å²) in [7, 11) is 0. The van der Waals surface area contributed by atoms with Crippen LogP contribution in [0.5, 0.6) is 5.75 Å². The first-order valence-electron chi connectivity index (χ1n) is 6.65. The fourth-order valence-corrected chi connectivity index (χ4v) is 2.02. The van der Waals surface area contributed by atoms with Crippen molar-refractivity contribution in [3.8, 4) is 5.75 Å². The summed E-state index contributed by atoms with van der Waals surface area (Å²) in [5.41, 5.74) is -2.54. The number of aromatic nitrogens is 2. The molecule has 0 saturated carbocycles. The van der Waals surface area contributed by atoms with E-state index in [4.69, 9.17) is 9.84 Å². The number of aromatic hydroxyl groups is 1. The Morgan fingerprint density at radius 3 is 2.59 bits per heavy atom. The fraction of sp³-hybridized carbons (Fsp3) is 0.357. The molecule has 0 fully saturated rings. The summed E-state index contributed by atoms with van der Waals surface area (Å²) in [4.78, 5) is 35.0. The SMILES string of the molecule is CC(C)OCCn1ccn2cc(C(=O)O)c(=O)c(O)c2c1=O. The Balaban J connectivity index is 2.54. The van der Waals surface area contributed by atoms with E-state index in [1.807, 2.05) is 13.8 Å². The van der Waals surface area contributed by atoms with E-state index in [1.54, 1.807) is 0 Å². The molecule has 0 aliphatic carbocycles. The molecule has 0 bridgehead atoms. The predicted octanol–water partition coefficient (Wildman–Crippen LogP) is 0.290. The van der Waals surface area contributed by atoms with Crippen molar-refractivity contribution in [2.45, 2.75) is 26.5 Å². The Morgan fingerprint density at radius 2 is 2.00 bits per heavy atom. The maximum absolute atomic E-state index is 12.3. The minimum atomic E-state index is -1.47. The van der Waals surface area contributed by atoms with E-state index >= 15 is 0 Å². The maximum Gasteiger partial charge on any atom is 0.341 e. The van der Waals surface area contributed by atoms with Crippen molar-refractivity contribution in [3.63, 3.8) is 0 Å². The molecule has 2 rings (SSSR count). The van der Waals surface area contributed by atoms with E-state index < -0.39 is 28.3 Å². The van der Waals surface area contributed by atoms with Gasteiger partial charge in [-0.3, -0.25) is 9.59 Å². The number of fused-ring (bicyclic) bond motifs is 1. The van der Waals surface area contributed by atoms with Gasteiger partial charge in [-0.15, -0.1) is 0 Å². The van der Waals surface area contributed by atoms with Gasteiger partial charge in [0, 0.05) is 25.1 Å². The van der Waals surface area contributed by atoms with E-state index in [0.717, 1.165) is 10.6 Å². The molecule has 2 heterocycles. The number of carbonyl (C=O) groups is 1. The van der Waals surface area contributed by atoms with Gasteiger partial charge in [-0.2, -0.15) is 0 Å². The van der Waals surface area contributed by atoms with Gasteiger partial charge in [0.2, 0.25) is 5.43 Å². The fourth-order valence-electron chi connectivity index (χ4n) is 2.02. The van der Waals surface area contributed by atoms with Crippen LogP contribution < -0.4 is 11.0 Å². The van der Waals surface area contributed by atoms with Gasteiger partial charge in [0.25, 0.3) is 5.56 Å². The largest absolute Gasteiger partial charge is 0.503 e. The molecule has 8 nitrogen and oxygen atoms in total. The average molecular weight is 308 g/mol. The Kier molecular flexibility index (Phi) is 4.32. The van der Waals surface area contributed by atoms with Gasteiger partial charge in [-0.05, 0) is 13.8 Å². The smallest absolute Gasteiger partial charge is 0.341 e. The molecule has 0 unspecified atom stereocenters. The Labute approximate surface area is 124 Å². The molecule has 22 heavy (non-hydrogen) atoms. The molecule has 2 aromatic rings. The van der Waals surface area contributed by atoms with Crippen LogP contribution in [0.1, 0.15) is 24.2 Å². The quantitative estimate of drug-likeness (QED) is 0.821. The lowest BCUT2D eigenvalue weighted by atomic mass is 10.2. The first-order valence-corrected chi connectivity index (χ1v) is 6.65. The third kappa shape index (κ3) is 2.86. The van der Waals surface area contributed by atoms with Crippen LogP contribution in [0.2, 0.25) is 0 Å². The Bertz CT molecular complexity index is 834. The summed E-state index contributed by atoms with van der Waals surface area (Å²) in [6, 6.07) is 0. The topological polar surface area (TPSA) is 110 Å². The van der Waals surface area contributed by atoms with Gasteiger partial charge in [0.15, 0.2) is 11.3 Å². The molecule has 2 aromatic heterocycles. The Morgan fingerprint density at radius 1 is 1.32 bits per heavy atom.